The summed E-state index contributed by atoms with van der Waals surface area (Å²) in [4.78, 5) is 4.28. The van der Waals surface area contributed by atoms with E-state index in [2.05, 4.69) is 15.6 Å². The predicted molar refractivity (Wildman–Crippen MR) is 88.0 cm³/mol. The Morgan fingerprint density at radius 2 is 2.09 bits per heavy atom. The van der Waals surface area contributed by atoms with Crippen molar-refractivity contribution in [3.8, 4) is 11.3 Å². The van der Waals surface area contributed by atoms with Crippen LogP contribution in [0, 0.1) is 5.92 Å². The fourth-order valence-corrected chi connectivity index (χ4v) is 4.47. The van der Waals surface area contributed by atoms with Crippen LogP contribution in [0.3, 0.4) is 0 Å². The molecule has 0 radical (unpaired) electrons. The van der Waals surface area contributed by atoms with Gasteiger partial charge in [0.1, 0.15) is 0 Å². The maximum absolute atomic E-state index is 10.7. The van der Waals surface area contributed by atoms with Crippen LogP contribution >= 0.6 is 11.6 Å². The summed E-state index contributed by atoms with van der Waals surface area (Å²) in [7, 11) is 0. The highest BCUT2D eigenvalue weighted by Gasteiger charge is 2.34. The van der Waals surface area contributed by atoms with Gasteiger partial charge >= 0.3 is 0 Å². The first-order valence-electron chi connectivity index (χ1n) is 8.24. The second kappa shape index (κ2) is 5.71. The van der Waals surface area contributed by atoms with Crippen LogP contribution in [0.5, 0.6) is 0 Å². The number of hydrogen-bond donors (Lipinski definition) is 1. The molecule has 0 unspecified atom stereocenters. The molecule has 0 amide bonds. The van der Waals surface area contributed by atoms with Crippen molar-refractivity contribution in [1.29, 1.82) is 0 Å². The molecule has 2 aromatic rings. The Hall–Kier alpha value is -1.32. The quantitative estimate of drug-likeness (QED) is 0.909. The average molecular weight is 317 g/mol. The van der Waals surface area contributed by atoms with Crippen molar-refractivity contribution in [2.24, 2.45) is 5.92 Å². The van der Waals surface area contributed by atoms with Gasteiger partial charge in [-0.15, -0.1) is 0 Å². The summed E-state index contributed by atoms with van der Waals surface area (Å²) in [5, 5.41) is 11.5. The summed E-state index contributed by atoms with van der Waals surface area (Å²) in [5.74, 6) is 0.437. The molecule has 116 valence electrons. The van der Waals surface area contributed by atoms with Gasteiger partial charge in [-0.05, 0) is 31.2 Å². The van der Waals surface area contributed by atoms with Crippen LogP contribution in [0.25, 0.3) is 11.3 Å². The largest absolute Gasteiger partial charge is 0.393 e. The Morgan fingerprint density at radius 1 is 1.27 bits per heavy atom. The zero-order valence-corrected chi connectivity index (χ0v) is 13.3. The number of hydrogen-bond acceptors (Lipinski definition) is 2. The minimum absolute atomic E-state index is 0.109. The Balaban J connectivity index is 1.65. The van der Waals surface area contributed by atoms with Crippen molar-refractivity contribution < 1.29 is 5.11 Å². The molecule has 0 spiro atoms. The van der Waals surface area contributed by atoms with Crippen LogP contribution in [0.2, 0.25) is 5.02 Å². The van der Waals surface area contributed by atoms with Gasteiger partial charge in [0.05, 0.1) is 30.4 Å². The van der Waals surface area contributed by atoms with E-state index in [0.717, 1.165) is 41.1 Å². The number of benzene rings is 1. The van der Waals surface area contributed by atoms with Crippen LogP contribution in [0.15, 0.2) is 30.7 Å². The first-order chi connectivity index (χ1) is 10.8. The van der Waals surface area contributed by atoms with Gasteiger partial charge in [0, 0.05) is 16.1 Å². The smallest absolute Gasteiger partial charge is 0.0956 e. The number of aromatic nitrogens is 2. The number of rotatable bonds is 3. The van der Waals surface area contributed by atoms with Gasteiger partial charge < -0.3 is 9.67 Å². The highest BCUT2D eigenvalue weighted by molar-refractivity contribution is 6.32. The molecule has 1 aliphatic heterocycles. The highest BCUT2D eigenvalue weighted by atomic mass is 35.5. The van der Waals surface area contributed by atoms with Crippen molar-refractivity contribution in [3.63, 3.8) is 0 Å². The summed E-state index contributed by atoms with van der Waals surface area (Å²) >= 11 is 6.47. The third-order valence-electron chi connectivity index (χ3n) is 5.32. The summed E-state index contributed by atoms with van der Waals surface area (Å²) in [6.45, 7) is 0. The fourth-order valence-electron chi connectivity index (χ4n) is 4.17. The highest BCUT2D eigenvalue weighted by Crippen LogP contribution is 2.45. The lowest BCUT2D eigenvalue weighted by molar-refractivity contribution is 0.0687. The molecule has 1 N–H and O–H groups in total. The summed E-state index contributed by atoms with van der Waals surface area (Å²) in [6, 6.07) is 6.14. The van der Waals surface area contributed by atoms with Crippen LogP contribution < -0.4 is 0 Å². The maximum atomic E-state index is 10.7. The lowest BCUT2D eigenvalue weighted by atomic mass is 9.82. The van der Waals surface area contributed by atoms with Gasteiger partial charge in [0.25, 0.3) is 0 Å². The Labute approximate surface area is 135 Å². The van der Waals surface area contributed by atoms with E-state index in [9.17, 15) is 5.11 Å². The van der Waals surface area contributed by atoms with E-state index in [1.807, 2.05) is 24.7 Å². The molecule has 0 saturated heterocycles. The molecular weight excluding hydrogens is 296 g/mol. The average Bonchev–Trinajstić information content (AvgIpc) is 3.12. The van der Waals surface area contributed by atoms with Crippen LogP contribution in [0.4, 0.5) is 0 Å². The third-order valence-corrected chi connectivity index (χ3v) is 5.65. The molecule has 1 aromatic heterocycles. The molecule has 22 heavy (non-hydrogen) atoms. The zero-order chi connectivity index (χ0) is 15.1. The van der Waals surface area contributed by atoms with E-state index in [0.29, 0.717) is 5.92 Å². The summed E-state index contributed by atoms with van der Waals surface area (Å²) in [6.07, 6.45) is 10.3. The Bertz CT molecular complexity index is 675. The number of halogens is 1. The van der Waals surface area contributed by atoms with Crippen molar-refractivity contribution in [3.05, 3.63) is 41.3 Å². The molecule has 4 rings (SSSR count). The second-order valence-electron chi connectivity index (χ2n) is 6.60. The molecule has 4 heteroatoms. The number of imidazole rings is 1. The second-order valence-corrected chi connectivity index (χ2v) is 7.01. The molecule has 0 bridgehead atoms. The molecule has 2 heterocycles. The lowest BCUT2D eigenvalue weighted by Gasteiger charge is -2.29. The molecular formula is C18H21ClN2O. The SMILES string of the molecule is O[C@@H](C[C@@H]1c2c(Cl)cccc2-c2cncn21)C1CCCCC1. The topological polar surface area (TPSA) is 38.1 Å². The molecule has 1 aromatic carbocycles. The standard InChI is InChI=1S/C18H21ClN2O/c19-14-8-4-7-13-16-10-20-11-21(16)15(18(13)14)9-17(22)12-5-2-1-3-6-12/h4,7-8,10-12,15,17,22H,1-3,5-6,9H2/t15-,17+/m1/s1. The first-order valence-corrected chi connectivity index (χ1v) is 8.62. The predicted octanol–water partition coefficient (Wildman–Crippen LogP) is 4.44. The van der Waals surface area contributed by atoms with Crippen LogP contribution in [-0.2, 0) is 0 Å². The first kappa shape index (κ1) is 14.3. The van der Waals surface area contributed by atoms with Crippen molar-refractivity contribution >= 4 is 11.6 Å². The lowest BCUT2D eigenvalue weighted by Crippen LogP contribution is -2.26. The molecule has 1 fully saturated rings. The Kier molecular flexibility index (Phi) is 3.71. The minimum atomic E-state index is -0.261. The van der Waals surface area contributed by atoms with E-state index in [4.69, 9.17) is 11.6 Å². The Morgan fingerprint density at radius 3 is 2.91 bits per heavy atom. The fraction of sp³-hybridized carbons (Fsp3) is 0.500. The molecule has 3 nitrogen and oxygen atoms in total. The van der Waals surface area contributed by atoms with Gasteiger partial charge in [-0.3, -0.25) is 0 Å². The van der Waals surface area contributed by atoms with Gasteiger partial charge in [-0.25, -0.2) is 4.98 Å². The number of fused-ring (bicyclic) bond motifs is 3. The zero-order valence-electron chi connectivity index (χ0n) is 12.6. The third kappa shape index (κ3) is 2.27. The minimum Gasteiger partial charge on any atom is -0.393 e. The van der Waals surface area contributed by atoms with E-state index in [-0.39, 0.29) is 12.1 Å². The van der Waals surface area contributed by atoms with Crippen molar-refractivity contribution in [2.75, 3.05) is 0 Å². The summed E-state index contributed by atoms with van der Waals surface area (Å²) < 4.78 is 2.17. The van der Waals surface area contributed by atoms with Gasteiger partial charge in [-0.2, -0.15) is 0 Å². The van der Waals surface area contributed by atoms with Gasteiger partial charge in [-0.1, -0.05) is 43.0 Å². The van der Waals surface area contributed by atoms with E-state index in [1.54, 1.807) is 0 Å². The summed E-state index contributed by atoms with van der Waals surface area (Å²) in [5.41, 5.74) is 3.42. The van der Waals surface area contributed by atoms with Crippen LogP contribution in [0.1, 0.15) is 50.1 Å². The van der Waals surface area contributed by atoms with Crippen molar-refractivity contribution in [1.82, 2.24) is 9.55 Å². The molecule has 1 saturated carbocycles. The van der Waals surface area contributed by atoms with E-state index >= 15 is 0 Å². The normalized spacial score (nSPS) is 22.4. The molecule has 2 atom stereocenters. The maximum Gasteiger partial charge on any atom is 0.0956 e. The number of nitrogens with zero attached hydrogens (tertiary/aromatic N) is 2. The van der Waals surface area contributed by atoms with Gasteiger partial charge in [0.2, 0.25) is 0 Å². The van der Waals surface area contributed by atoms with Crippen LogP contribution in [-0.4, -0.2) is 20.8 Å². The van der Waals surface area contributed by atoms with E-state index in [1.165, 1.54) is 19.3 Å². The van der Waals surface area contributed by atoms with E-state index < -0.39 is 0 Å². The molecule has 1 aliphatic carbocycles. The molecule has 2 aliphatic rings. The monoisotopic (exact) mass is 316 g/mol. The van der Waals surface area contributed by atoms with Gasteiger partial charge in [0.15, 0.2) is 0 Å². The number of aliphatic hydroxyl groups excluding tert-OH is 1. The number of aliphatic hydroxyl groups is 1. The van der Waals surface area contributed by atoms with Crippen molar-refractivity contribution in [2.45, 2.75) is 50.7 Å².